The van der Waals surface area contributed by atoms with Gasteiger partial charge in [0, 0.05) is 5.38 Å². The molecule has 0 aliphatic heterocycles. The molecule has 0 saturated carbocycles. The van der Waals surface area contributed by atoms with Crippen LogP contribution in [-0.2, 0) is 0 Å². The molecule has 0 saturated heterocycles. The minimum atomic E-state index is -0.830. The predicted octanol–water partition coefficient (Wildman–Crippen LogP) is 4.11. The van der Waals surface area contributed by atoms with Gasteiger partial charge >= 0.3 is 0 Å². The summed E-state index contributed by atoms with van der Waals surface area (Å²) in [5, 5.41) is 12.3. The zero-order chi connectivity index (χ0) is 11.0. The Morgan fingerprint density at radius 3 is 2.60 bits per heavy atom. The van der Waals surface area contributed by atoms with Crippen molar-refractivity contribution in [3.8, 4) is 0 Å². The number of hydrogen-bond donors (Lipinski definition) is 1. The van der Waals surface area contributed by atoms with Crippen LogP contribution in [0.1, 0.15) is 16.9 Å². The van der Waals surface area contributed by atoms with Crippen molar-refractivity contribution < 1.29 is 9.52 Å². The van der Waals surface area contributed by atoms with Crippen LogP contribution < -0.4 is 0 Å². The van der Waals surface area contributed by atoms with Gasteiger partial charge in [-0.3, -0.25) is 0 Å². The van der Waals surface area contributed by atoms with Crippen LogP contribution in [0.4, 0.5) is 0 Å². The fraction of sp³-hybridized carbons (Fsp3) is 0.125. The van der Waals surface area contributed by atoms with E-state index in [0.717, 1.165) is 4.47 Å². The molecule has 2 rings (SSSR count). The van der Waals surface area contributed by atoms with Crippen LogP contribution in [0.25, 0.3) is 0 Å². The zero-order valence-corrected chi connectivity index (χ0v) is 12.7. The number of aromatic nitrogens is 1. The van der Waals surface area contributed by atoms with E-state index in [9.17, 15) is 5.11 Å². The predicted molar refractivity (Wildman–Crippen MR) is 68.0 cm³/mol. The number of thiazole rings is 1. The van der Waals surface area contributed by atoms with E-state index >= 15 is 0 Å². The third-order valence-electron chi connectivity index (χ3n) is 1.66. The molecule has 15 heavy (non-hydrogen) atoms. The van der Waals surface area contributed by atoms with Crippen LogP contribution in [0.5, 0.6) is 0 Å². The van der Waals surface area contributed by atoms with E-state index in [1.54, 1.807) is 6.07 Å². The highest BCUT2D eigenvalue weighted by atomic mass is 79.9. The molecule has 0 aromatic carbocycles. The van der Waals surface area contributed by atoms with Gasteiger partial charge in [0.1, 0.15) is 15.4 Å². The van der Waals surface area contributed by atoms with E-state index in [-0.39, 0.29) is 0 Å². The summed E-state index contributed by atoms with van der Waals surface area (Å²) in [7, 11) is 0. The fourth-order valence-corrected chi connectivity index (χ4v) is 2.88. The highest BCUT2D eigenvalue weighted by Crippen LogP contribution is 2.33. The highest BCUT2D eigenvalue weighted by Gasteiger charge is 2.19. The van der Waals surface area contributed by atoms with E-state index < -0.39 is 6.10 Å². The second-order valence-corrected chi connectivity index (χ2v) is 5.96. The molecule has 0 bridgehead atoms. The SMILES string of the molecule is OC(c1cc(Br)c(Br)o1)c1nc(Br)cs1. The van der Waals surface area contributed by atoms with Crippen molar-refractivity contribution in [2.24, 2.45) is 0 Å². The molecule has 0 fully saturated rings. The minimum Gasteiger partial charge on any atom is -0.450 e. The first-order chi connectivity index (χ1) is 7.08. The molecular weight excluding hydrogens is 414 g/mol. The van der Waals surface area contributed by atoms with Crippen LogP contribution in [0.15, 0.2) is 29.6 Å². The molecule has 7 heteroatoms. The maximum Gasteiger partial charge on any atom is 0.183 e. The van der Waals surface area contributed by atoms with E-state index in [2.05, 4.69) is 52.8 Å². The second kappa shape index (κ2) is 4.67. The van der Waals surface area contributed by atoms with Crippen molar-refractivity contribution in [3.05, 3.63) is 36.0 Å². The first-order valence-corrected chi connectivity index (χ1v) is 7.07. The first kappa shape index (κ1) is 11.8. The molecular formula is C8H4Br3NO2S. The van der Waals surface area contributed by atoms with Gasteiger partial charge in [0.2, 0.25) is 0 Å². The van der Waals surface area contributed by atoms with Crippen LogP contribution >= 0.6 is 59.1 Å². The van der Waals surface area contributed by atoms with Gasteiger partial charge in [-0.25, -0.2) is 4.98 Å². The number of rotatable bonds is 2. The molecule has 0 aliphatic rings. The lowest BCUT2D eigenvalue weighted by Gasteiger charge is -2.01. The van der Waals surface area contributed by atoms with Gasteiger partial charge in [-0.05, 0) is 53.9 Å². The topological polar surface area (TPSA) is 46.3 Å². The van der Waals surface area contributed by atoms with Crippen molar-refractivity contribution in [1.29, 1.82) is 0 Å². The molecule has 1 atom stereocenters. The number of furan rings is 1. The van der Waals surface area contributed by atoms with Gasteiger partial charge in [-0.1, -0.05) is 0 Å². The molecule has 0 aliphatic carbocycles. The molecule has 2 aromatic heterocycles. The highest BCUT2D eigenvalue weighted by molar-refractivity contribution is 9.13. The number of halogens is 3. The molecule has 80 valence electrons. The quantitative estimate of drug-likeness (QED) is 0.800. The number of hydrogen-bond acceptors (Lipinski definition) is 4. The maximum atomic E-state index is 9.93. The normalized spacial score (nSPS) is 13.1. The number of aliphatic hydroxyl groups is 1. The summed E-state index contributed by atoms with van der Waals surface area (Å²) in [6, 6.07) is 1.71. The Morgan fingerprint density at radius 1 is 1.40 bits per heavy atom. The summed E-state index contributed by atoms with van der Waals surface area (Å²) in [6.45, 7) is 0. The minimum absolute atomic E-state index is 0.454. The van der Waals surface area contributed by atoms with Crippen LogP contribution in [0.3, 0.4) is 0 Å². The third-order valence-corrected chi connectivity index (χ3v) is 4.98. The zero-order valence-electron chi connectivity index (χ0n) is 7.08. The lowest BCUT2D eigenvalue weighted by Crippen LogP contribution is -1.96. The molecule has 1 N–H and O–H groups in total. The monoisotopic (exact) mass is 415 g/mol. The fourth-order valence-electron chi connectivity index (χ4n) is 1.01. The van der Waals surface area contributed by atoms with E-state index in [4.69, 9.17) is 4.42 Å². The molecule has 1 unspecified atom stereocenters. The summed E-state index contributed by atoms with van der Waals surface area (Å²) in [6.07, 6.45) is -0.830. The molecule has 0 radical (unpaired) electrons. The van der Waals surface area contributed by atoms with E-state index in [1.807, 2.05) is 5.38 Å². The van der Waals surface area contributed by atoms with Gasteiger partial charge in [-0.2, -0.15) is 0 Å². The van der Waals surface area contributed by atoms with Gasteiger partial charge in [0.15, 0.2) is 10.8 Å². The summed E-state index contributed by atoms with van der Waals surface area (Å²) in [5.41, 5.74) is 0. The average molecular weight is 418 g/mol. The Hall–Kier alpha value is 0.310. The Morgan fingerprint density at radius 2 is 2.13 bits per heavy atom. The molecule has 2 heterocycles. The van der Waals surface area contributed by atoms with Crippen LogP contribution in [0.2, 0.25) is 0 Å². The van der Waals surface area contributed by atoms with Gasteiger partial charge in [-0.15, -0.1) is 11.3 Å². The second-order valence-electron chi connectivity index (χ2n) is 2.68. The molecule has 0 amide bonds. The maximum absolute atomic E-state index is 9.93. The largest absolute Gasteiger partial charge is 0.450 e. The average Bonchev–Trinajstić information content (AvgIpc) is 2.74. The summed E-state index contributed by atoms with van der Waals surface area (Å²) >= 11 is 11.1. The van der Waals surface area contributed by atoms with Crippen molar-refractivity contribution in [1.82, 2.24) is 4.98 Å². The Labute approximate surface area is 115 Å². The lowest BCUT2D eigenvalue weighted by atomic mass is 10.3. The number of nitrogens with zero attached hydrogens (tertiary/aromatic N) is 1. The van der Waals surface area contributed by atoms with Crippen molar-refractivity contribution in [2.75, 3.05) is 0 Å². The van der Waals surface area contributed by atoms with E-state index in [1.165, 1.54) is 11.3 Å². The molecule has 3 nitrogen and oxygen atoms in total. The van der Waals surface area contributed by atoms with Crippen molar-refractivity contribution in [3.63, 3.8) is 0 Å². The van der Waals surface area contributed by atoms with Gasteiger partial charge in [0.25, 0.3) is 0 Å². The van der Waals surface area contributed by atoms with Gasteiger partial charge < -0.3 is 9.52 Å². The number of aliphatic hydroxyl groups excluding tert-OH is 1. The Kier molecular flexibility index (Phi) is 3.67. The lowest BCUT2D eigenvalue weighted by molar-refractivity contribution is 0.187. The van der Waals surface area contributed by atoms with E-state index in [0.29, 0.717) is 20.0 Å². The smallest absolute Gasteiger partial charge is 0.183 e. The summed E-state index contributed by atoms with van der Waals surface area (Å²) in [5.74, 6) is 0.454. The summed E-state index contributed by atoms with van der Waals surface area (Å²) in [4.78, 5) is 4.12. The summed E-state index contributed by atoms with van der Waals surface area (Å²) < 4.78 is 7.36. The van der Waals surface area contributed by atoms with Gasteiger partial charge in [0.05, 0.1) is 4.47 Å². The van der Waals surface area contributed by atoms with Crippen molar-refractivity contribution >= 4 is 59.1 Å². The third kappa shape index (κ3) is 2.52. The Bertz CT molecular complexity index is 462. The van der Waals surface area contributed by atoms with Crippen molar-refractivity contribution in [2.45, 2.75) is 6.10 Å². The molecule has 2 aromatic rings. The van der Waals surface area contributed by atoms with Crippen LogP contribution in [0, 0.1) is 0 Å². The molecule has 0 spiro atoms. The standard InChI is InChI=1S/C8H4Br3NO2S/c9-3-1-4(14-7(3)11)6(13)8-12-5(10)2-15-8/h1-2,6,13H. The Balaban J connectivity index is 2.31. The van der Waals surface area contributed by atoms with Crippen LogP contribution in [-0.4, -0.2) is 10.1 Å². The first-order valence-electron chi connectivity index (χ1n) is 3.81.